The van der Waals surface area contributed by atoms with Gasteiger partial charge in [0.1, 0.15) is 0 Å². The first-order valence-electron chi connectivity index (χ1n) is 16.6. The molecule has 254 valence electrons. The van der Waals surface area contributed by atoms with Gasteiger partial charge in [-0.3, -0.25) is 29.5 Å². The van der Waals surface area contributed by atoms with Gasteiger partial charge in [0.25, 0.3) is 11.8 Å². The van der Waals surface area contributed by atoms with E-state index < -0.39 is 46.8 Å². The monoisotopic (exact) mass is 751 g/mol. The van der Waals surface area contributed by atoms with Gasteiger partial charge in [-0.25, -0.2) is 0 Å². The molecule has 0 bridgehead atoms. The second-order valence-electron chi connectivity index (χ2n) is 13.5. The van der Waals surface area contributed by atoms with E-state index in [9.17, 15) is 19.5 Å². The maximum Gasteiger partial charge on any atom is 0.260 e. The highest BCUT2D eigenvalue weighted by Crippen LogP contribution is 2.65. The van der Waals surface area contributed by atoms with Crippen LogP contribution >= 0.6 is 27.3 Å². The third-order valence-electron chi connectivity index (χ3n) is 11.0. The lowest BCUT2D eigenvalue weighted by molar-refractivity contribution is -0.141. The number of carbonyl (C=O) groups is 4. The Morgan fingerprint density at radius 3 is 2.42 bits per heavy atom. The van der Waals surface area contributed by atoms with Crippen molar-refractivity contribution in [3.63, 3.8) is 0 Å². The second kappa shape index (κ2) is 12.2. The molecule has 1 aromatic heterocycles. The van der Waals surface area contributed by atoms with Crippen molar-refractivity contribution in [3.05, 3.63) is 122 Å². The van der Waals surface area contributed by atoms with Crippen LogP contribution in [-0.2, 0) is 31.1 Å². The molecule has 0 unspecified atom stereocenters. The summed E-state index contributed by atoms with van der Waals surface area (Å²) in [6.45, 7) is 2.15. The van der Waals surface area contributed by atoms with Crippen LogP contribution in [0.4, 0.5) is 5.69 Å². The number of hydrogen-bond donors (Lipinski definition) is 2. The Kier molecular flexibility index (Phi) is 7.95. The molecule has 2 aliphatic heterocycles. The number of anilines is 1. The number of fused-ring (bicyclic) bond motifs is 4. The van der Waals surface area contributed by atoms with Gasteiger partial charge in [0, 0.05) is 20.8 Å². The molecule has 3 aromatic carbocycles. The number of thiophene rings is 1. The van der Waals surface area contributed by atoms with E-state index in [0.29, 0.717) is 27.7 Å². The van der Waals surface area contributed by atoms with Gasteiger partial charge >= 0.3 is 0 Å². The number of halogens is 1. The average Bonchev–Trinajstić information content (AvgIpc) is 3.79. The lowest BCUT2D eigenvalue weighted by atomic mass is 9.49. The number of benzene rings is 3. The molecule has 4 aromatic rings. The van der Waals surface area contributed by atoms with Crippen LogP contribution < -0.4 is 10.2 Å². The van der Waals surface area contributed by atoms with E-state index >= 15 is 4.79 Å². The molecule has 2 saturated heterocycles. The molecule has 11 heteroatoms. The largest absolute Gasteiger partial charge is 0.504 e. The minimum atomic E-state index is -1.50. The summed E-state index contributed by atoms with van der Waals surface area (Å²) in [5.74, 6) is -4.97. The summed E-state index contributed by atoms with van der Waals surface area (Å²) < 4.78 is 6.20. The van der Waals surface area contributed by atoms with Crippen molar-refractivity contribution < 1.29 is 29.0 Å². The number of nitrogens with zero attached hydrogens (tertiary/aromatic N) is 2. The molecule has 4 amide bonds. The maximum atomic E-state index is 15.3. The van der Waals surface area contributed by atoms with Crippen LogP contribution in [0.25, 0.3) is 0 Å². The molecular weight excluding hydrogens is 718 g/mol. The highest BCUT2D eigenvalue weighted by Gasteiger charge is 2.70. The first-order valence-corrected chi connectivity index (χ1v) is 18.2. The van der Waals surface area contributed by atoms with Crippen LogP contribution in [-0.4, -0.2) is 45.8 Å². The Bertz CT molecular complexity index is 2070. The molecule has 2 aliphatic carbocycles. The minimum Gasteiger partial charge on any atom is -0.504 e. The van der Waals surface area contributed by atoms with Gasteiger partial charge in [0.15, 0.2) is 11.5 Å². The number of imide groups is 2. The lowest BCUT2D eigenvalue weighted by Crippen LogP contribution is -2.53. The van der Waals surface area contributed by atoms with E-state index in [4.69, 9.17) is 4.74 Å². The lowest BCUT2D eigenvalue weighted by Gasteiger charge is -2.50. The normalized spacial score (nSPS) is 27.2. The summed E-state index contributed by atoms with van der Waals surface area (Å²) in [7, 11) is 1.46. The van der Waals surface area contributed by atoms with Crippen molar-refractivity contribution in [1.82, 2.24) is 9.91 Å². The predicted octanol–water partition coefficient (Wildman–Crippen LogP) is 6.72. The van der Waals surface area contributed by atoms with Gasteiger partial charge in [0.05, 0.1) is 42.5 Å². The number of ether oxygens (including phenoxy) is 1. The van der Waals surface area contributed by atoms with Crippen LogP contribution in [0.3, 0.4) is 0 Å². The zero-order valence-corrected chi connectivity index (χ0v) is 29.7. The molecule has 0 radical (unpaired) electrons. The Labute approximate surface area is 301 Å². The number of hydrazine groups is 1. The van der Waals surface area contributed by atoms with Gasteiger partial charge in [-0.05, 0) is 67.0 Å². The van der Waals surface area contributed by atoms with Gasteiger partial charge in [-0.15, -0.1) is 11.3 Å². The molecular formula is C39H34BrN3O6S. The molecule has 0 spiro atoms. The van der Waals surface area contributed by atoms with Gasteiger partial charge in [-0.2, -0.15) is 5.01 Å². The molecule has 3 heterocycles. The Morgan fingerprint density at radius 1 is 0.960 bits per heavy atom. The van der Waals surface area contributed by atoms with Crippen molar-refractivity contribution in [1.29, 1.82) is 0 Å². The quantitative estimate of drug-likeness (QED) is 0.159. The van der Waals surface area contributed by atoms with Crippen LogP contribution in [0.1, 0.15) is 40.3 Å². The molecule has 4 aliphatic rings. The minimum absolute atomic E-state index is 0.156. The molecule has 1 saturated carbocycles. The summed E-state index contributed by atoms with van der Waals surface area (Å²) in [4.78, 5) is 60.6. The third-order valence-corrected chi connectivity index (χ3v) is 12.3. The number of phenols is 1. The molecule has 9 nitrogen and oxygen atoms in total. The summed E-state index contributed by atoms with van der Waals surface area (Å²) in [6, 6.07) is 23.9. The summed E-state index contributed by atoms with van der Waals surface area (Å²) in [6.07, 6.45) is 2.46. The van der Waals surface area contributed by atoms with Crippen LogP contribution in [0.15, 0.2) is 100 Å². The highest BCUT2D eigenvalue weighted by molar-refractivity contribution is 9.10. The van der Waals surface area contributed by atoms with Gasteiger partial charge in [0.2, 0.25) is 11.8 Å². The number of phenolic OH excluding ortho intramolecular Hbond substituents is 1. The number of nitrogens with one attached hydrogen (secondary N) is 1. The van der Waals surface area contributed by atoms with E-state index in [1.54, 1.807) is 12.1 Å². The average molecular weight is 753 g/mol. The van der Waals surface area contributed by atoms with E-state index in [0.717, 1.165) is 21.0 Å². The number of amides is 4. The van der Waals surface area contributed by atoms with Crippen LogP contribution in [0.5, 0.6) is 11.5 Å². The number of allylic oxidation sites excluding steroid dienone is 2. The van der Waals surface area contributed by atoms with Crippen molar-refractivity contribution >= 4 is 56.6 Å². The smallest absolute Gasteiger partial charge is 0.260 e. The Hall–Kier alpha value is -4.74. The van der Waals surface area contributed by atoms with Gasteiger partial charge in [-0.1, -0.05) is 81.7 Å². The van der Waals surface area contributed by atoms with Crippen molar-refractivity contribution in [2.75, 3.05) is 12.5 Å². The van der Waals surface area contributed by atoms with Crippen LogP contribution in [0, 0.1) is 30.6 Å². The number of carbonyl (C=O) groups excluding carboxylic acids is 4. The Morgan fingerprint density at radius 2 is 1.72 bits per heavy atom. The number of rotatable bonds is 7. The zero-order chi connectivity index (χ0) is 34.9. The maximum absolute atomic E-state index is 15.3. The number of methoxy groups -OCH3 is 1. The number of likely N-dealkylation sites (tertiary alicyclic amines) is 1. The fraction of sp³-hybridized carbons (Fsp3) is 0.282. The van der Waals surface area contributed by atoms with E-state index in [1.165, 1.54) is 23.3 Å². The molecule has 8 rings (SSSR count). The Balaban J connectivity index is 1.33. The first-order chi connectivity index (χ1) is 24.1. The van der Waals surface area contributed by atoms with Crippen molar-refractivity contribution in [2.24, 2.45) is 23.7 Å². The van der Waals surface area contributed by atoms with E-state index in [-0.39, 0.29) is 36.3 Å². The molecule has 6 atom stereocenters. The topological polar surface area (TPSA) is 116 Å². The number of hydrogen-bond acceptors (Lipinski definition) is 8. The fourth-order valence-electron chi connectivity index (χ4n) is 8.84. The first kappa shape index (κ1) is 32.5. The third kappa shape index (κ3) is 4.77. The predicted molar refractivity (Wildman–Crippen MR) is 191 cm³/mol. The zero-order valence-electron chi connectivity index (χ0n) is 27.3. The fourth-order valence-corrected chi connectivity index (χ4v) is 9.99. The van der Waals surface area contributed by atoms with Crippen molar-refractivity contribution in [2.45, 2.75) is 37.6 Å². The number of aryl methyl sites for hydroxylation is 1. The van der Waals surface area contributed by atoms with E-state index in [2.05, 4.69) is 21.4 Å². The summed E-state index contributed by atoms with van der Waals surface area (Å²) >= 11 is 5.07. The summed E-state index contributed by atoms with van der Waals surface area (Å²) in [5, 5.41) is 14.9. The van der Waals surface area contributed by atoms with Crippen molar-refractivity contribution in [3.8, 4) is 11.5 Å². The number of aromatic hydroxyl groups is 1. The molecule has 50 heavy (non-hydrogen) atoms. The SMILES string of the molecule is COc1cc(Br)cc([C@H]2C3=CC[C@@H]4C(=O)N(Cc5cccs5)C(=O)[C@@H]4[C@@H]3C[C@H]3C(=O)N(Nc4ccc(C)cc4)C(=O)[C@@]23c2ccccc2)c1O. The summed E-state index contributed by atoms with van der Waals surface area (Å²) in [5.41, 5.74) is 4.97. The molecule has 3 fully saturated rings. The molecule has 2 N–H and O–H groups in total. The highest BCUT2D eigenvalue weighted by atomic mass is 79.9. The van der Waals surface area contributed by atoms with Crippen LogP contribution in [0.2, 0.25) is 0 Å². The van der Waals surface area contributed by atoms with Gasteiger partial charge < -0.3 is 9.84 Å². The standard InChI is InChI=1S/C39H34BrN3O6S/c1-21-10-12-24(13-11-21)41-43-36(46)30-19-28-26(14-15-27-32(28)37(47)42(35(27)45)20-25-9-6-16-50-25)33(29-17-23(40)18-31(49-2)34(29)44)39(30,38(43)48)22-7-4-3-5-8-22/h3-14,16-18,27-28,30,32-33,41,44H,15,19-20H2,1-2H3/t27-,28+,30-,32-,33+,39+/m0/s1. The van der Waals surface area contributed by atoms with E-state index in [1.807, 2.05) is 85.1 Å². The second-order valence-corrected chi connectivity index (χ2v) is 15.4.